The van der Waals surface area contributed by atoms with Crippen LogP contribution in [0.3, 0.4) is 0 Å². The Labute approximate surface area is 162 Å². The van der Waals surface area contributed by atoms with Crippen LogP contribution in [0.1, 0.15) is 81.8 Å². The molecular weight excluding hydrogens is 333 g/mol. The summed E-state index contributed by atoms with van der Waals surface area (Å²) in [6, 6.07) is 11.4. The Kier molecular flexibility index (Phi) is 5.48. The molecule has 4 unspecified atom stereocenters. The second-order valence-electron chi connectivity index (χ2n) is 8.90. The van der Waals surface area contributed by atoms with Gasteiger partial charge >= 0.3 is 0 Å². The van der Waals surface area contributed by atoms with Gasteiger partial charge in [0.25, 0.3) is 0 Å². The standard InChI is InChI=1S/C25H30FN/c1-2-3-4-17-5-7-20-13-21(10-9-19(20)11-17)23-14-22-8-6-18(16-27)12-24(22)25(26)15-23/h6,8,12,14-15,17,19-21H,2-5,7,9-11,13H2,1H3. The van der Waals surface area contributed by atoms with Gasteiger partial charge in [-0.2, -0.15) is 5.26 Å². The van der Waals surface area contributed by atoms with Crippen molar-refractivity contribution < 1.29 is 4.39 Å². The van der Waals surface area contributed by atoms with Gasteiger partial charge in [0, 0.05) is 5.39 Å². The monoisotopic (exact) mass is 363 g/mol. The van der Waals surface area contributed by atoms with E-state index in [1.54, 1.807) is 18.2 Å². The number of benzene rings is 2. The van der Waals surface area contributed by atoms with Gasteiger partial charge in [-0.25, -0.2) is 4.39 Å². The van der Waals surface area contributed by atoms with Crippen molar-refractivity contribution in [2.24, 2.45) is 17.8 Å². The third kappa shape index (κ3) is 3.88. The summed E-state index contributed by atoms with van der Waals surface area (Å²) in [5.74, 6) is 3.01. The van der Waals surface area contributed by atoms with Crippen molar-refractivity contribution in [3.05, 3.63) is 47.3 Å². The van der Waals surface area contributed by atoms with E-state index in [4.69, 9.17) is 5.26 Å². The van der Waals surface area contributed by atoms with Crippen molar-refractivity contribution >= 4 is 10.8 Å². The van der Waals surface area contributed by atoms with Gasteiger partial charge in [-0.15, -0.1) is 0 Å². The van der Waals surface area contributed by atoms with E-state index >= 15 is 0 Å². The minimum atomic E-state index is -0.176. The Morgan fingerprint density at radius 2 is 1.85 bits per heavy atom. The lowest BCUT2D eigenvalue weighted by molar-refractivity contribution is 0.113. The molecule has 4 atom stereocenters. The van der Waals surface area contributed by atoms with Gasteiger partial charge in [0.1, 0.15) is 5.82 Å². The predicted molar refractivity (Wildman–Crippen MR) is 109 cm³/mol. The number of fused-ring (bicyclic) bond motifs is 2. The summed E-state index contributed by atoms with van der Waals surface area (Å²) in [5.41, 5.74) is 1.69. The minimum absolute atomic E-state index is 0.176. The molecule has 2 aliphatic rings. The third-order valence-corrected chi connectivity index (χ3v) is 7.21. The summed E-state index contributed by atoms with van der Waals surface area (Å²) in [5, 5.41) is 10.5. The fraction of sp³-hybridized carbons (Fsp3) is 0.560. The molecule has 2 aromatic rings. The maximum atomic E-state index is 14.7. The number of unbranched alkanes of at least 4 members (excludes halogenated alkanes) is 1. The molecule has 2 fully saturated rings. The lowest BCUT2D eigenvalue weighted by Crippen LogP contribution is -2.30. The number of nitriles is 1. The lowest BCUT2D eigenvalue weighted by atomic mass is 9.63. The fourth-order valence-corrected chi connectivity index (χ4v) is 5.68. The highest BCUT2D eigenvalue weighted by Crippen LogP contribution is 2.48. The predicted octanol–water partition coefficient (Wildman–Crippen LogP) is 7.34. The molecule has 4 rings (SSSR count). The Hall–Kier alpha value is -1.88. The van der Waals surface area contributed by atoms with Crippen LogP contribution in [0.25, 0.3) is 10.8 Å². The van der Waals surface area contributed by atoms with Crippen LogP contribution in [0.2, 0.25) is 0 Å². The summed E-state index contributed by atoms with van der Waals surface area (Å²) >= 11 is 0. The lowest BCUT2D eigenvalue weighted by Gasteiger charge is -2.42. The molecular formula is C25H30FN. The van der Waals surface area contributed by atoms with Crippen molar-refractivity contribution in [2.45, 2.75) is 70.6 Å². The summed E-state index contributed by atoms with van der Waals surface area (Å²) in [4.78, 5) is 0. The van der Waals surface area contributed by atoms with Crippen molar-refractivity contribution in [3.8, 4) is 6.07 Å². The van der Waals surface area contributed by atoms with E-state index in [-0.39, 0.29) is 5.82 Å². The van der Waals surface area contributed by atoms with E-state index in [9.17, 15) is 4.39 Å². The number of halogens is 1. The molecule has 2 aromatic carbocycles. The van der Waals surface area contributed by atoms with E-state index in [0.717, 1.165) is 28.7 Å². The Morgan fingerprint density at radius 3 is 2.67 bits per heavy atom. The number of rotatable bonds is 4. The summed E-state index contributed by atoms with van der Waals surface area (Å²) in [6.45, 7) is 2.29. The molecule has 2 heteroatoms. The molecule has 0 saturated heterocycles. The number of nitrogens with zero attached hydrogens (tertiary/aromatic N) is 1. The van der Waals surface area contributed by atoms with Gasteiger partial charge in [-0.1, -0.05) is 44.7 Å². The smallest absolute Gasteiger partial charge is 0.131 e. The van der Waals surface area contributed by atoms with Crippen LogP contribution in [-0.4, -0.2) is 0 Å². The second kappa shape index (κ2) is 8.01. The first-order valence-corrected chi connectivity index (χ1v) is 10.8. The number of hydrogen-bond acceptors (Lipinski definition) is 1. The van der Waals surface area contributed by atoms with E-state index in [1.165, 1.54) is 57.8 Å². The maximum Gasteiger partial charge on any atom is 0.131 e. The maximum absolute atomic E-state index is 14.7. The van der Waals surface area contributed by atoms with Crippen LogP contribution in [-0.2, 0) is 0 Å². The second-order valence-corrected chi connectivity index (χ2v) is 8.90. The molecule has 0 N–H and O–H groups in total. The van der Waals surface area contributed by atoms with Crippen LogP contribution in [0.5, 0.6) is 0 Å². The highest BCUT2D eigenvalue weighted by molar-refractivity contribution is 5.85. The van der Waals surface area contributed by atoms with Crippen LogP contribution in [0, 0.1) is 34.9 Å². The van der Waals surface area contributed by atoms with Gasteiger partial charge in [0.2, 0.25) is 0 Å². The third-order valence-electron chi connectivity index (χ3n) is 7.21. The first kappa shape index (κ1) is 18.5. The minimum Gasteiger partial charge on any atom is -0.206 e. The summed E-state index contributed by atoms with van der Waals surface area (Å²) in [6.07, 6.45) is 12.1. The fourth-order valence-electron chi connectivity index (χ4n) is 5.68. The van der Waals surface area contributed by atoms with Gasteiger partial charge in [0.15, 0.2) is 0 Å². The molecule has 2 saturated carbocycles. The molecule has 1 nitrogen and oxygen atoms in total. The highest BCUT2D eigenvalue weighted by atomic mass is 19.1. The molecule has 0 amide bonds. The van der Waals surface area contributed by atoms with Gasteiger partial charge in [-0.05, 0) is 84.9 Å². The van der Waals surface area contributed by atoms with Crippen molar-refractivity contribution in [1.29, 1.82) is 5.26 Å². The SMILES string of the molecule is CCCCC1CCC2CC(c3cc(F)c4cc(C#N)ccc4c3)CCC2C1. The summed E-state index contributed by atoms with van der Waals surface area (Å²) < 4.78 is 14.7. The van der Waals surface area contributed by atoms with Crippen molar-refractivity contribution in [3.63, 3.8) is 0 Å². The Bertz CT molecular complexity index is 849. The molecule has 0 aliphatic heterocycles. The van der Waals surface area contributed by atoms with Crippen LogP contribution < -0.4 is 0 Å². The van der Waals surface area contributed by atoms with E-state index in [1.807, 2.05) is 6.07 Å². The van der Waals surface area contributed by atoms with Gasteiger partial charge < -0.3 is 0 Å². The van der Waals surface area contributed by atoms with E-state index < -0.39 is 0 Å². The van der Waals surface area contributed by atoms with Crippen molar-refractivity contribution in [2.75, 3.05) is 0 Å². The van der Waals surface area contributed by atoms with E-state index in [2.05, 4.69) is 19.1 Å². The molecule has 2 aliphatic carbocycles. The van der Waals surface area contributed by atoms with Crippen molar-refractivity contribution in [1.82, 2.24) is 0 Å². The average molecular weight is 364 g/mol. The molecule has 27 heavy (non-hydrogen) atoms. The molecule has 0 heterocycles. The topological polar surface area (TPSA) is 23.8 Å². The quantitative estimate of drug-likeness (QED) is 0.557. The van der Waals surface area contributed by atoms with Crippen LogP contribution in [0.4, 0.5) is 4.39 Å². The summed E-state index contributed by atoms with van der Waals surface area (Å²) in [7, 11) is 0. The molecule has 142 valence electrons. The molecule has 0 bridgehead atoms. The zero-order chi connectivity index (χ0) is 18.8. The van der Waals surface area contributed by atoms with Gasteiger partial charge in [-0.3, -0.25) is 0 Å². The normalized spacial score (nSPS) is 27.9. The average Bonchev–Trinajstić information content (AvgIpc) is 2.71. The first-order valence-electron chi connectivity index (χ1n) is 10.8. The molecule has 0 radical (unpaired) electrons. The van der Waals surface area contributed by atoms with Crippen LogP contribution >= 0.6 is 0 Å². The Morgan fingerprint density at radius 1 is 1.04 bits per heavy atom. The highest BCUT2D eigenvalue weighted by Gasteiger charge is 2.35. The molecule has 0 spiro atoms. The number of hydrogen-bond donors (Lipinski definition) is 0. The zero-order valence-electron chi connectivity index (χ0n) is 16.4. The Balaban J connectivity index is 1.49. The van der Waals surface area contributed by atoms with E-state index in [0.29, 0.717) is 16.9 Å². The largest absolute Gasteiger partial charge is 0.206 e. The van der Waals surface area contributed by atoms with Gasteiger partial charge in [0.05, 0.1) is 11.6 Å². The van der Waals surface area contributed by atoms with Crippen LogP contribution in [0.15, 0.2) is 30.3 Å². The molecule has 0 aromatic heterocycles. The first-order chi connectivity index (χ1) is 13.2. The zero-order valence-corrected chi connectivity index (χ0v) is 16.4.